The van der Waals surface area contributed by atoms with Crippen molar-refractivity contribution in [2.75, 3.05) is 19.0 Å². The average molecular weight is 148 g/mol. The van der Waals surface area contributed by atoms with Gasteiger partial charge in [-0.05, 0) is 19.0 Å². The van der Waals surface area contributed by atoms with Crippen molar-refractivity contribution in [2.45, 2.75) is 6.92 Å². The van der Waals surface area contributed by atoms with Gasteiger partial charge in [-0.25, -0.2) is 0 Å². The van der Waals surface area contributed by atoms with E-state index in [-0.39, 0.29) is 6.61 Å². The van der Waals surface area contributed by atoms with Crippen LogP contribution >= 0.6 is 12.0 Å². The fourth-order valence-corrected chi connectivity index (χ4v) is 0.715. The van der Waals surface area contributed by atoms with E-state index in [1.54, 1.807) is 0 Å². The molecule has 0 aliphatic rings. The number of aliphatic hydroxyl groups excluding tert-OH is 1. The summed E-state index contributed by atoms with van der Waals surface area (Å²) in [4.78, 5) is 0. The Morgan fingerprint density at radius 3 is 2.89 bits per heavy atom. The van der Waals surface area contributed by atoms with E-state index in [0.29, 0.717) is 6.61 Å². The third-order valence-corrected chi connectivity index (χ3v) is 1.51. The van der Waals surface area contributed by atoms with E-state index in [1.165, 1.54) is 12.0 Å². The lowest BCUT2D eigenvalue weighted by Gasteiger charge is -1.97. The molecule has 1 N–H and O–H groups in total. The highest BCUT2D eigenvalue weighted by molar-refractivity contribution is 7.94. The molecule has 9 heavy (non-hydrogen) atoms. The van der Waals surface area contributed by atoms with E-state index in [9.17, 15) is 0 Å². The minimum Gasteiger partial charge on any atom is -0.394 e. The molecule has 0 fully saturated rings. The van der Waals surface area contributed by atoms with Gasteiger partial charge in [0, 0.05) is 5.75 Å². The van der Waals surface area contributed by atoms with Gasteiger partial charge in [-0.1, -0.05) is 12.2 Å². The summed E-state index contributed by atoms with van der Waals surface area (Å²) < 4.78 is 4.90. The predicted molar refractivity (Wildman–Crippen MR) is 40.3 cm³/mol. The van der Waals surface area contributed by atoms with Gasteiger partial charge in [0.05, 0.1) is 13.2 Å². The molecule has 0 aliphatic carbocycles. The Bertz CT molecular complexity index is 83.1. The summed E-state index contributed by atoms with van der Waals surface area (Å²) in [5.74, 6) is 0.806. The summed E-state index contributed by atoms with van der Waals surface area (Å²) in [6.07, 6.45) is 0. The van der Waals surface area contributed by atoms with Gasteiger partial charge in [-0.15, -0.1) is 0 Å². The maximum Gasteiger partial charge on any atom is 0.0845 e. The molecule has 0 atom stereocenters. The first-order valence-electron chi connectivity index (χ1n) is 2.77. The lowest BCUT2D eigenvalue weighted by atomic mass is 10.4. The van der Waals surface area contributed by atoms with Crippen LogP contribution in [0.15, 0.2) is 12.2 Å². The van der Waals surface area contributed by atoms with Crippen LogP contribution in [0.25, 0.3) is 0 Å². The van der Waals surface area contributed by atoms with Gasteiger partial charge in [0.25, 0.3) is 0 Å². The van der Waals surface area contributed by atoms with Crippen molar-refractivity contribution in [3.8, 4) is 0 Å². The lowest BCUT2D eigenvalue weighted by Crippen LogP contribution is -1.92. The molecular weight excluding hydrogens is 136 g/mol. The third kappa shape index (κ3) is 8.01. The first-order valence-corrected chi connectivity index (χ1v) is 3.68. The Hall–Kier alpha value is 0.01000. The van der Waals surface area contributed by atoms with Crippen LogP contribution in [0.5, 0.6) is 0 Å². The smallest absolute Gasteiger partial charge is 0.0845 e. The molecule has 0 bridgehead atoms. The number of hydrogen-bond acceptors (Lipinski definition) is 3. The fraction of sp³-hybridized carbons (Fsp3) is 0.667. The zero-order valence-corrected chi connectivity index (χ0v) is 6.41. The second kappa shape index (κ2) is 6.13. The zero-order chi connectivity index (χ0) is 7.11. The predicted octanol–water partition coefficient (Wildman–Crippen LogP) is 1.22. The average Bonchev–Trinajstić information content (AvgIpc) is 1.80. The summed E-state index contributed by atoms with van der Waals surface area (Å²) in [6.45, 7) is 6.12. The highest BCUT2D eigenvalue weighted by atomic mass is 32.2. The second-order valence-electron chi connectivity index (χ2n) is 1.76. The summed E-state index contributed by atoms with van der Waals surface area (Å²) in [5.41, 5.74) is 1.08. The van der Waals surface area contributed by atoms with Crippen LogP contribution < -0.4 is 0 Å². The molecule has 0 rings (SSSR count). The maximum atomic E-state index is 8.27. The van der Waals surface area contributed by atoms with Crippen LogP contribution in [-0.2, 0) is 4.18 Å². The van der Waals surface area contributed by atoms with Crippen molar-refractivity contribution in [3.63, 3.8) is 0 Å². The lowest BCUT2D eigenvalue weighted by molar-refractivity contribution is 0.221. The molecule has 2 nitrogen and oxygen atoms in total. The van der Waals surface area contributed by atoms with Gasteiger partial charge in [0.15, 0.2) is 0 Å². The van der Waals surface area contributed by atoms with E-state index < -0.39 is 0 Å². The second-order valence-corrected chi connectivity index (χ2v) is 2.52. The molecule has 0 radical (unpaired) electrons. The van der Waals surface area contributed by atoms with Crippen LogP contribution in [0.1, 0.15) is 6.92 Å². The minimum atomic E-state index is 0.0865. The van der Waals surface area contributed by atoms with Gasteiger partial charge >= 0.3 is 0 Å². The van der Waals surface area contributed by atoms with E-state index in [0.717, 1.165) is 11.3 Å². The monoisotopic (exact) mass is 148 g/mol. The van der Waals surface area contributed by atoms with E-state index in [2.05, 4.69) is 6.58 Å². The first kappa shape index (κ1) is 9.01. The molecule has 0 heterocycles. The van der Waals surface area contributed by atoms with Gasteiger partial charge in [0.1, 0.15) is 0 Å². The van der Waals surface area contributed by atoms with Gasteiger partial charge in [-0.2, -0.15) is 0 Å². The van der Waals surface area contributed by atoms with E-state index in [4.69, 9.17) is 9.29 Å². The fourth-order valence-electron chi connectivity index (χ4n) is 0.238. The third-order valence-electron chi connectivity index (χ3n) is 0.563. The van der Waals surface area contributed by atoms with Crippen LogP contribution in [0.3, 0.4) is 0 Å². The van der Waals surface area contributed by atoms with Crippen LogP contribution in [0, 0.1) is 0 Å². The molecule has 0 unspecified atom stereocenters. The molecule has 0 amide bonds. The highest BCUT2D eigenvalue weighted by Gasteiger charge is 1.87. The Morgan fingerprint density at radius 1 is 1.78 bits per heavy atom. The molecular formula is C6H12O2S. The molecule has 0 aromatic rings. The molecule has 0 spiro atoms. The standard InChI is InChI=1S/C6H12O2S/c1-6(2)5-9-8-4-3-7/h7H,1,3-5H2,2H3. The zero-order valence-electron chi connectivity index (χ0n) is 5.59. The number of aliphatic hydroxyl groups is 1. The minimum absolute atomic E-state index is 0.0865. The van der Waals surface area contributed by atoms with Crippen molar-refractivity contribution in [2.24, 2.45) is 0 Å². The molecule has 0 saturated carbocycles. The SMILES string of the molecule is C=C(C)CSOCCO. The van der Waals surface area contributed by atoms with Gasteiger partial charge < -0.3 is 9.29 Å². The summed E-state index contributed by atoms with van der Waals surface area (Å²) in [6, 6.07) is 0. The summed E-state index contributed by atoms with van der Waals surface area (Å²) in [5, 5.41) is 8.27. The van der Waals surface area contributed by atoms with Crippen molar-refractivity contribution in [3.05, 3.63) is 12.2 Å². The first-order chi connectivity index (χ1) is 4.27. The molecule has 54 valence electrons. The molecule has 3 heteroatoms. The van der Waals surface area contributed by atoms with Crippen LogP contribution in [-0.4, -0.2) is 24.1 Å². The van der Waals surface area contributed by atoms with Crippen molar-refractivity contribution < 1.29 is 9.29 Å². The van der Waals surface area contributed by atoms with Crippen molar-refractivity contribution >= 4 is 12.0 Å². The van der Waals surface area contributed by atoms with Crippen LogP contribution in [0.2, 0.25) is 0 Å². The molecule has 0 aromatic heterocycles. The van der Waals surface area contributed by atoms with Crippen molar-refractivity contribution in [1.82, 2.24) is 0 Å². The largest absolute Gasteiger partial charge is 0.394 e. The maximum absolute atomic E-state index is 8.27. The summed E-state index contributed by atoms with van der Waals surface area (Å²) in [7, 11) is 0. The summed E-state index contributed by atoms with van der Waals surface area (Å²) >= 11 is 1.33. The number of rotatable bonds is 5. The van der Waals surface area contributed by atoms with E-state index in [1.807, 2.05) is 6.92 Å². The molecule has 0 aromatic carbocycles. The van der Waals surface area contributed by atoms with Gasteiger partial charge in [0.2, 0.25) is 0 Å². The van der Waals surface area contributed by atoms with Crippen LogP contribution in [0.4, 0.5) is 0 Å². The molecule has 0 aliphatic heterocycles. The highest BCUT2D eigenvalue weighted by Crippen LogP contribution is 2.05. The Balaban J connectivity index is 2.83. The number of hydrogen-bond donors (Lipinski definition) is 1. The van der Waals surface area contributed by atoms with Gasteiger partial charge in [-0.3, -0.25) is 0 Å². The Morgan fingerprint density at radius 2 is 2.44 bits per heavy atom. The Labute approximate surface area is 60.1 Å². The van der Waals surface area contributed by atoms with E-state index >= 15 is 0 Å². The quantitative estimate of drug-likeness (QED) is 0.361. The molecule has 0 saturated heterocycles. The Kier molecular flexibility index (Phi) is 6.14. The van der Waals surface area contributed by atoms with Crippen molar-refractivity contribution in [1.29, 1.82) is 0 Å². The topological polar surface area (TPSA) is 29.5 Å². The normalized spacial score (nSPS) is 9.56.